The fourth-order valence-electron chi connectivity index (χ4n) is 1.90. The lowest BCUT2D eigenvalue weighted by Gasteiger charge is -2.18. The molecule has 110 valence electrons. The lowest BCUT2D eigenvalue weighted by atomic mass is 10.0. The highest BCUT2D eigenvalue weighted by Crippen LogP contribution is 2.19. The second-order valence-corrected chi connectivity index (χ2v) is 5.12. The van der Waals surface area contributed by atoms with E-state index in [-0.39, 0.29) is 24.0 Å². The quantitative estimate of drug-likeness (QED) is 0.783. The van der Waals surface area contributed by atoms with E-state index in [1.54, 1.807) is 12.1 Å². The summed E-state index contributed by atoms with van der Waals surface area (Å²) in [4.78, 5) is 11.8. The number of rotatable bonds is 6. The first-order valence-electron chi connectivity index (χ1n) is 6.95. The van der Waals surface area contributed by atoms with Crippen LogP contribution in [0, 0.1) is 0 Å². The average molecular weight is 279 g/mol. The van der Waals surface area contributed by atoms with Crippen LogP contribution in [0.3, 0.4) is 0 Å². The van der Waals surface area contributed by atoms with Gasteiger partial charge in [-0.3, -0.25) is 0 Å². The molecule has 1 aliphatic heterocycles. The minimum atomic E-state index is -0.404. The van der Waals surface area contributed by atoms with Crippen LogP contribution in [-0.4, -0.2) is 36.1 Å². The minimum Gasteiger partial charge on any atom is -0.508 e. The summed E-state index contributed by atoms with van der Waals surface area (Å²) >= 11 is 0. The van der Waals surface area contributed by atoms with Crippen molar-refractivity contribution in [3.8, 4) is 5.75 Å². The summed E-state index contributed by atoms with van der Waals surface area (Å²) in [6, 6.07) is 6.85. The van der Waals surface area contributed by atoms with Crippen molar-refractivity contribution in [3.63, 3.8) is 0 Å². The monoisotopic (exact) mass is 279 g/mol. The van der Waals surface area contributed by atoms with Crippen molar-refractivity contribution < 1.29 is 19.4 Å². The highest BCUT2D eigenvalue weighted by Gasteiger charge is 2.34. The summed E-state index contributed by atoms with van der Waals surface area (Å²) < 4.78 is 10.5. The third kappa shape index (κ3) is 4.42. The average Bonchev–Trinajstić information content (AvgIpc) is 3.24. The summed E-state index contributed by atoms with van der Waals surface area (Å²) in [5.41, 5.74) is 1.03. The zero-order valence-electron chi connectivity index (χ0n) is 11.8. The number of nitrogens with one attached hydrogen (secondary N) is 1. The summed E-state index contributed by atoms with van der Waals surface area (Å²) in [5.74, 6) is 0.233. The molecule has 1 aromatic rings. The van der Waals surface area contributed by atoms with E-state index < -0.39 is 6.09 Å². The Morgan fingerprint density at radius 1 is 1.50 bits per heavy atom. The molecule has 2 N–H and O–H groups in total. The van der Waals surface area contributed by atoms with Crippen molar-refractivity contribution >= 4 is 6.09 Å². The van der Waals surface area contributed by atoms with E-state index in [0.717, 1.165) is 12.0 Å². The lowest BCUT2D eigenvalue weighted by molar-refractivity contribution is 0.0999. The van der Waals surface area contributed by atoms with Crippen LogP contribution >= 0.6 is 0 Å². The van der Waals surface area contributed by atoms with Gasteiger partial charge in [0.2, 0.25) is 0 Å². The van der Waals surface area contributed by atoms with Crippen LogP contribution in [0.15, 0.2) is 24.3 Å². The molecule has 0 bridgehead atoms. The third-order valence-corrected chi connectivity index (χ3v) is 3.39. The largest absolute Gasteiger partial charge is 0.508 e. The zero-order chi connectivity index (χ0) is 14.5. The maximum Gasteiger partial charge on any atom is 0.407 e. The Bertz CT molecular complexity index is 442. The molecule has 0 aromatic heterocycles. The number of alkyl carbamates (subject to hydrolysis) is 1. The van der Waals surface area contributed by atoms with Gasteiger partial charge in [-0.15, -0.1) is 0 Å². The van der Waals surface area contributed by atoms with Gasteiger partial charge < -0.3 is 19.9 Å². The number of phenols is 1. The van der Waals surface area contributed by atoms with Gasteiger partial charge in [0.1, 0.15) is 18.0 Å². The Morgan fingerprint density at radius 2 is 2.15 bits per heavy atom. The van der Waals surface area contributed by atoms with Gasteiger partial charge in [0.15, 0.2) is 0 Å². The molecule has 5 nitrogen and oxygen atoms in total. The van der Waals surface area contributed by atoms with Gasteiger partial charge in [-0.25, -0.2) is 4.79 Å². The number of aromatic hydroxyl groups is 1. The Balaban J connectivity index is 1.90. The molecule has 0 radical (unpaired) electrons. The van der Waals surface area contributed by atoms with Gasteiger partial charge in [0.25, 0.3) is 0 Å². The summed E-state index contributed by atoms with van der Waals surface area (Å²) in [6.07, 6.45) is 0.993. The number of phenolic OH excluding ortho intramolecular Hbond substituents is 1. The summed E-state index contributed by atoms with van der Waals surface area (Å²) in [5, 5.41) is 12.1. The van der Waals surface area contributed by atoms with Crippen LogP contribution in [0.4, 0.5) is 4.79 Å². The highest BCUT2D eigenvalue weighted by atomic mass is 16.6. The second kappa shape index (κ2) is 6.61. The molecule has 1 aromatic carbocycles. The van der Waals surface area contributed by atoms with Gasteiger partial charge >= 0.3 is 6.09 Å². The van der Waals surface area contributed by atoms with Crippen LogP contribution in [0.2, 0.25) is 0 Å². The number of benzene rings is 1. The van der Waals surface area contributed by atoms with Crippen molar-refractivity contribution in [2.75, 3.05) is 6.61 Å². The predicted octanol–water partition coefficient (Wildman–Crippen LogP) is 2.23. The van der Waals surface area contributed by atoms with Gasteiger partial charge in [-0.2, -0.15) is 0 Å². The van der Waals surface area contributed by atoms with E-state index in [2.05, 4.69) is 5.32 Å². The van der Waals surface area contributed by atoms with Crippen LogP contribution in [0.25, 0.3) is 0 Å². The molecular weight excluding hydrogens is 258 g/mol. The number of carbonyl (C=O) groups excluding carboxylic acids is 1. The Morgan fingerprint density at radius 3 is 2.70 bits per heavy atom. The Hall–Kier alpha value is -1.75. The van der Waals surface area contributed by atoms with E-state index in [4.69, 9.17) is 9.47 Å². The van der Waals surface area contributed by atoms with Crippen molar-refractivity contribution in [2.45, 2.75) is 44.9 Å². The topological polar surface area (TPSA) is 71.1 Å². The standard InChI is InChI=1S/C15H21NO4/c1-3-10(2)20-15(18)16-13(14-9-19-14)8-11-4-6-12(17)7-5-11/h4-7,10,13-14,17H,3,8-9H2,1-2H3,(H,16,18)/t10?,13-,14+/m0/s1. The summed E-state index contributed by atoms with van der Waals surface area (Å²) in [7, 11) is 0. The van der Waals surface area contributed by atoms with Crippen LogP contribution in [0.1, 0.15) is 25.8 Å². The fraction of sp³-hybridized carbons (Fsp3) is 0.533. The van der Waals surface area contributed by atoms with E-state index in [1.807, 2.05) is 26.0 Å². The van der Waals surface area contributed by atoms with Crippen molar-refractivity contribution in [1.82, 2.24) is 5.32 Å². The number of carbonyl (C=O) groups is 1. The minimum absolute atomic E-state index is 0.0493. The van der Waals surface area contributed by atoms with Crippen LogP contribution in [0.5, 0.6) is 5.75 Å². The molecular formula is C15H21NO4. The molecule has 5 heteroatoms. The normalized spacial score (nSPS) is 20.0. The highest BCUT2D eigenvalue weighted by molar-refractivity contribution is 5.68. The molecule has 0 aliphatic carbocycles. The molecule has 1 amide bonds. The molecule has 1 aliphatic rings. The molecule has 3 atom stereocenters. The van der Waals surface area contributed by atoms with Crippen molar-refractivity contribution in [3.05, 3.63) is 29.8 Å². The van der Waals surface area contributed by atoms with Crippen LogP contribution in [-0.2, 0) is 15.9 Å². The predicted molar refractivity (Wildman–Crippen MR) is 74.7 cm³/mol. The smallest absolute Gasteiger partial charge is 0.407 e. The number of epoxide rings is 1. The number of amides is 1. The maximum atomic E-state index is 11.8. The molecule has 0 spiro atoms. The number of hydrogen-bond acceptors (Lipinski definition) is 4. The van der Waals surface area contributed by atoms with Crippen molar-refractivity contribution in [1.29, 1.82) is 0 Å². The van der Waals surface area contributed by atoms with E-state index >= 15 is 0 Å². The zero-order valence-corrected chi connectivity index (χ0v) is 11.8. The fourth-order valence-corrected chi connectivity index (χ4v) is 1.90. The lowest BCUT2D eigenvalue weighted by Crippen LogP contribution is -2.41. The summed E-state index contributed by atoms with van der Waals surface area (Å²) in [6.45, 7) is 4.49. The SMILES string of the molecule is CCC(C)OC(=O)N[C@@H](Cc1ccc(O)cc1)[C@H]1CO1. The van der Waals surface area contributed by atoms with E-state index in [9.17, 15) is 9.90 Å². The van der Waals surface area contributed by atoms with E-state index in [0.29, 0.717) is 13.0 Å². The molecule has 20 heavy (non-hydrogen) atoms. The molecule has 2 rings (SSSR count). The molecule has 1 unspecified atom stereocenters. The molecule has 0 saturated carbocycles. The van der Waals surface area contributed by atoms with Gasteiger partial charge in [-0.1, -0.05) is 19.1 Å². The molecule has 1 heterocycles. The Labute approximate surface area is 118 Å². The number of ether oxygens (including phenoxy) is 2. The Kier molecular flexibility index (Phi) is 4.84. The third-order valence-electron chi connectivity index (χ3n) is 3.39. The maximum absolute atomic E-state index is 11.8. The van der Waals surface area contributed by atoms with Gasteiger partial charge in [0, 0.05) is 0 Å². The van der Waals surface area contributed by atoms with Gasteiger partial charge in [0.05, 0.1) is 12.6 Å². The first-order valence-corrected chi connectivity index (χ1v) is 6.95. The van der Waals surface area contributed by atoms with E-state index in [1.165, 1.54) is 0 Å². The second-order valence-electron chi connectivity index (χ2n) is 5.12. The molecule has 1 fully saturated rings. The number of hydrogen-bond donors (Lipinski definition) is 2. The van der Waals surface area contributed by atoms with Gasteiger partial charge in [-0.05, 0) is 37.5 Å². The molecule has 1 saturated heterocycles. The van der Waals surface area contributed by atoms with Crippen LogP contribution < -0.4 is 5.32 Å². The first-order chi connectivity index (χ1) is 9.58. The first kappa shape index (κ1) is 14.7. The van der Waals surface area contributed by atoms with Crippen molar-refractivity contribution in [2.24, 2.45) is 0 Å².